The summed E-state index contributed by atoms with van der Waals surface area (Å²) in [6.07, 6.45) is 2.52. The molecule has 0 atom stereocenters. The van der Waals surface area contributed by atoms with Crippen molar-refractivity contribution in [1.29, 1.82) is 0 Å². The molecular formula is C9H7F2NO3. The van der Waals surface area contributed by atoms with Crippen LogP contribution in [0.3, 0.4) is 0 Å². The lowest BCUT2D eigenvalue weighted by Gasteiger charge is -1.98. The van der Waals surface area contributed by atoms with Crippen LogP contribution in [-0.4, -0.2) is 16.6 Å². The summed E-state index contributed by atoms with van der Waals surface area (Å²) < 4.78 is 26.0. The molecule has 0 fully saturated rings. The van der Waals surface area contributed by atoms with E-state index in [1.54, 1.807) is 0 Å². The van der Waals surface area contributed by atoms with Crippen LogP contribution in [0, 0.1) is 21.7 Å². The molecule has 0 spiro atoms. The van der Waals surface area contributed by atoms with Crippen molar-refractivity contribution in [2.45, 2.75) is 0 Å². The first-order chi connectivity index (χ1) is 7.06. The Morgan fingerprint density at radius 1 is 1.40 bits per heavy atom. The molecule has 0 aliphatic heterocycles. The summed E-state index contributed by atoms with van der Waals surface area (Å²) in [5.74, 6) is -2.48. The molecule has 4 nitrogen and oxygen atoms in total. The van der Waals surface area contributed by atoms with Gasteiger partial charge in [0.25, 0.3) is 0 Å². The molecule has 0 aliphatic rings. The highest BCUT2D eigenvalue weighted by Crippen LogP contribution is 2.23. The van der Waals surface area contributed by atoms with E-state index in [1.165, 1.54) is 12.2 Å². The van der Waals surface area contributed by atoms with Gasteiger partial charge in [-0.3, -0.25) is 10.1 Å². The molecule has 1 aromatic rings. The van der Waals surface area contributed by atoms with Crippen molar-refractivity contribution in [3.05, 3.63) is 45.5 Å². The molecular weight excluding hydrogens is 208 g/mol. The number of nitrogens with zero attached hydrogens (tertiary/aromatic N) is 1. The van der Waals surface area contributed by atoms with E-state index in [0.29, 0.717) is 0 Å². The SMILES string of the molecule is O=[N+]([O-])c1c(F)cc(C=CCO)cc1F. The van der Waals surface area contributed by atoms with Crippen molar-refractivity contribution in [2.75, 3.05) is 6.61 Å². The van der Waals surface area contributed by atoms with Crippen LogP contribution in [0.2, 0.25) is 0 Å². The molecule has 15 heavy (non-hydrogen) atoms. The fraction of sp³-hybridized carbons (Fsp3) is 0.111. The maximum absolute atomic E-state index is 13.0. The topological polar surface area (TPSA) is 63.4 Å². The summed E-state index contributed by atoms with van der Waals surface area (Å²) in [5, 5.41) is 18.7. The van der Waals surface area contributed by atoms with E-state index >= 15 is 0 Å². The molecule has 0 saturated carbocycles. The van der Waals surface area contributed by atoms with Gasteiger partial charge in [0.15, 0.2) is 0 Å². The van der Waals surface area contributed by atoms with Gasteiger partial charge in [0.2, 0.25) is 11.6 Å². The largest absolute Gasteiger partial charge is 0.392 e. The number of hydrogen-bond acceptors (Lipinski definition) is 3. The van der Waals surface area contributed by atoms with E-state index in [9.17, 15) is 18.9 Å². The summed E-state index contributed by atoms with van der Waals surface area (Å²) in [5.41, 5.74) is -1.05. The molecule has 0 aromatic heterocycles. The van der Waals surface area contributed by atoms with Crippen LogP contribution in [0.25, 0.3) is 6.08 Å². The van der Waals surface area contributed by atoms with Gasteiger partial charge in [-0.1, -0.05) is 12.2 Å². The molecule has 0 amide bonds. The van der Waals surface area contributed by atoms with E-state index in [1.807, 2.05) is 0 Å². The zero-order chi connectivity index (χ0) is 11.4. The van der Waals surface area contributed by atoms with Gasteiger partial charge < -0.3 is 5.11 Å². The number of aliphatic hydroxyl groups is 1. The predicted octanol–water partition coefficient (Wildman–Crippen LogP) is 1.88. The Hall–Kier alpha value is -1.82. The average Bonchev–Trinajstić information content (AvgIpc) is 2.12. The lowest BCUT2D eigenvalue weighted by Crippen LogP contribution is -1.97. The van der Waals surface area contributed by atoms with Crippen molar-refractivity contribution in [3.8, 4) is 0 Å². The fourth-order valence-electron chi connectivity index (χ4n) is 1.04. The molecule has 80 valence electrons. The summed E-state index contributed by atoms with van der Waals surface area (Å²) in [7, 11) is 0. The van der Waals surface area contributed by atoms with Crippen LogP contribution in [0.1, 0.15) is 5.56 Å². The van der Waals surface area contributed by atoms with Crippen LogP contribution in [0.15, 0.2) is 18.2 Å². The predicted molar refractivity (Wildman–Crippen MR) is 49.1 cm³/mol. The Labute approximate surface area is 83.6 Å². The van der Waals surface area contributed by atoms with Crippen LogP contribution < -0.4 is 0 Å². The molecule has 0 radical (unpaired) electrons. The second-order valence-corrected chi connectivity index (χ2v) is 2.68. The van der Waals surface area contributed by atoms with E-state index in [0.717, 1.165) is 12.1 Å². The molecule has 1 aromatic carbocycles. The Kier molecular flexibility index (Phi) is 3.46. The van der Waals surface area contributed by atoms with Gasteiger partial charge in [-0.05, 0) is 17.7 Å². The van der Waals surface area contributed by atoms with Crippen molar-refractivity contribution >= 4 is 11.8 Å². The summed E-state index contributed by atoms with van der Waals surface area (Å²) in [6.45, 7) is -0.278. The normalized spacial score (nSPS) is 10.9. The Balaban J connectivity index is 3.19. The van der Waals surface area contributed by atoms with Gasteiger partial charge in [0.05, 0.1) is 11.5 Å². The van der Waals surface area contributed by atoms with Gasteiger partial charge in [0.1, 0.15) is 0 Å². The number of nitro groups is 1. The van der Waals surface area contributed by atoms with Gasteiger partial charge in [-0.15, -0.1) is 0 Å². The molecule has 6 heteroatoms. The Morgan fingerprint density at radius 2 is 1.93 bits per heavy atom. The molecule has 1 rings (SSSR count). The Bertz CT molecular complexity index is 395. The molecule has 0 saturated heterocycles. The standard InChI is InChI=1S/C9H7F2NO3/c10-7-4-6(2-1-3-13)5-8(11)9(7)12(14)15/h1-2,4-5,13H,3H2. The van der Waals surface area contributed by atoms with Crippen molar-refractivity contribution < 1.29 is 18.8 Å². The second kappa shape index (κ2) is 4.61. The highest BCUT2D eigenvalue weighted by atomic mass is 19.1. The first-order valence-electron chi connectivity index (χ1n) is 3.97. The minimum Gasteiger partial charge on any atom is -0.392 e. The van der Waals surface area contributed by atoms with Crippen molar-refractivity contribution in [3.63, 3.8) is 0 Å². The molecule has 0 unspecified atom stereocenters. The number of hydrogen-bond donors (Lipinski definition) is 1. The third-order valence-electron chi connectivity index (χ3n) is 1.64. The minimum atomic E-state index is -1.24. The maximum atomic E-state index is 13.0. The smallest absolute Gasteiger partial charge is 0.340 e. The van der Waals surface area contributed by atoms with E-state index < -0.39 is 22.2 Å². The second-order valence-electron chi connectivity index (χ2n) is 2.68. The van der Waals surface area contributed by atoms with Crippen molar-refractivity contribution in [1.82, 2.24) is 0 Å². The lowest BCUT2D eigenvalue weighted by molar-refractivity contribution is -0.390. The maximum Gasteiger partial charge on any atom is 0.340 e. The highest BCUT2D eigenvalue weighted by Gasteiger charge is 2.20. The summed E-state index contributed by atoms with van der Waals surface area (Å²) in [4.78, 5) is 9.11. The molecule has 1 N–H and O–H groups in total. The fourth-order valence-corrected chi connectivity index (χ4v) is 1.04. The van der Waals surface area contributed by atoms with Gasteiger partial charge in [-0.25, -0.2) is 0 Å². The van der Waals surface area contributed by atoms with Crippen LogP contribution in [0.5, 0.6) is 0 Å². The number of halogens is 2. The lowest BCUT2D eigenvalue weighted by atomic mass is 10.1. The van der Waals surface area contributed by atoms with Gasteiger partial charge in [-0.2, -0.15) is 8.78 Å². The van der Waals surface area contributed by atoms with E-state index in [2.05, 4.69) is 0 Å². The minimum absolute atomic E-state index is 0.115. The third kappa shape index (κ3) is 2.57. The van der Waals surface area contributed by atoms with Gasteiger partial charge >= 0.3 is 5.69 Å². The zero-order valence-corrected chi connectivity index (χ0v) is 7.48. The highest BCUT2D eigenvalue weighted by molar-refractivity contribution is 5.53. The van der Waals surface area contributed by atoms with Gasteiger partial charge in [0, 0.05) is 0 Å². The Morgan fingerprint density at radius 3 is 2.33 bits per heavy atom. The number of nitro benzene ring substituents is 1. The third-order valence-corrected chi connectivity index (χ3v) is 1.64. The number of aliphatic hydroxyl groups excluding tert-OH is 1. The molecule has 0 bridgehead atoms. The summed E-state index contributed by atoms with van der Waals surface area (Å²) in [6, 6.07) is 1.65. The van der Waals surface area contributed by atoms with E-state index in [4.69, 9.17) is 5.11 Å². The van der Waals surface area contributed by atoms with E-state index in [-0.39, 0.29) is 12.2 Å². The average molecular weight is 215 g/mol. The molecule has 0 heterocycles. The molecule has 0 aliphatic carbocycles. The van der Waals surface area contributed by atoms with Crippen LogP contribution >= 0.6 is 0 Å². The van der Waals surface area contributed by atoms with Crippen LogP contribution in [-0.2, 0) is 0 Å². The quantitative estimate of drug-likeness (QED) is 0.618. The number of benzene rings is 1. The first-order valence-corrected chi connectivity index (χ1v) is 3.97. The zero-order valence-electron chi connectivity index (χ0n) is 7.48. The monoisotopic (exact) mass is 215 g/mol. The van der Waals surface area contributed by atoms with Crippen LogP contribution in [0.4, 0.5) is 14.5 Å². The first kappa shape index (κ1) is 11.3. The summed E-state index contributed by atoms with van der Waals surface area (Å²) >= 11 is 0. The number of rotatable bonds is 3. The van der Waals surface area contributed by atoms with Crippen molar-refractivity contribution in [2.24, 2.45) is 0 Å².